The third-order valence-electron chi connectivity index (χ3n) is 5.57. The zero-order valence-corrected chi connectivity index (χ0v) is 17.2. The molecule has 1 aromatic rings. The largest absolute Gasteiger partial charge is 0.376 e. The first-order valence-corrected chi connectivity index (χ1v) is 10.8. The van der Waals surface area contributed by atoms with Crippen LogP contribution in [0.1, 0.15) is 77.6 Å². The maximum absolute atomic E-state index is 5.96. The lowest BCUT2D eigenvalue weighted by atomic mass is 9.75. The molecular formula is C21H38NOS+. The predicted octanol–water partition coefficient (Wildman–Crippen LogP) is 5.02. The topological polar surface area (TPSA) is 25.8 Å². The van der Waals surface area contributed by atoms with Crippen molar-refractivity contribution in [2.24, 2.45) is 17.8 Å². The molecule has 138 valence electrons. The van der Waals surface area contributed by atoms with Crippen LogP contribution in [0.15, 0.2) is 17.5 Å². The maximum atomic E-state index is 5.96. The predicted molar refractivity (Wildman–Crippen MR) is 104 cm³/mol. The second kappa shape index (κ2) is 9.35. The van der Waals surface area contributed by atoms with Gasteiger partial charge in [-0.05, 0) is 75.7 Å². The molecule has 3 heteroatoms. The van der Waals surface area contributed by atoms with E-state index in [0.717, 1.165) is 24.4 Å². The minimum Gasteiger partial charge on any atom is -0.376 e. The molecule has 0 unspecified atom stereocenters. The Morgan fingerprint density at radius 1 is 1.25 bits per heavy atom. The summed E-state index contributed by atoms with van der Waals surface area (Å²) in [5, 5.41) is 4.73. The van der Waals surface area contributed by atoms with Gasteiger partial charge in [-0.1, -0.05) is 26.3 Å². The zero-order chi connectivity index (χ0) is 17.6. The average molecular weight is 353 g/mol. The first-order valence-electron chi connectivity index (χ1n) is 9.88. The molecule has 1 aliphatic heterocycles. The van der Waals surface area contributed by atoms with Crippen molar-refractivity contribution < 1.29 is 10.1 Å². The van der Waals surface area contributed by atoms with Crippen LogP contribution in [0.3, 0.4) is 0 Å². The van der Waals surface area contributed by atoms with Crippen molar-refractivity contribution in [3.63, 3.8) is 0 Å². The lowest BCUT2D eigenvalue weighted by Gasteiger charge is -2.39. The van der Waals surface area contributed by atoms with Gasteiger partial charge >= 0.3 is 0 Å². The van der Waals surface area contributed by atoms with E-state index in [0.29, 0.717) is 6.04 Å². The average Bonchev–Trinajstić information content (AvgIpc) is 3.03. The first kappa shape index (κ1) is 19.9. The molecule has 1 aliphatic rings. The van der Waals surface area contributed by atoms with Crippen LogP contribution in [0.4, 0.5) is 0 Å². The van der Waals surface area contributed by atoms with Crippen molar-refractivity contribution >= 4 is 11.3 Å². The van der Waals surface area contributed by atoms with Crippen LogP contribution in [0.5, 0.6) is 0 Å². The Labute approximate surface area is 153 Å². The van der Waals surface area contributed by atoms with Gasteiger partial charge in [-0.15, -0.1) is 11.3 Å². The Morgan fingerprint density at radius 3 is 2.67 bits per heavy atom. The molecule has 1 fully saturated rings. The van der Waals surface area contributed by atoms with Crippen molar-refractivity contribution in [3.8, 4) is 0 Å². The SMILES string of the molecule is CC(C)CC[C@H](CC[NH2+][C@@H](C)c1cccs1)[C@@H]1CCOC(C)(C)C1. The lowest BCUT2D eigenvalue weighted by Crippen LogP contribution is -2.84. The zero-order valence-electron chi connectivity index (χ0n) is 16.4. The number of rotatable bonds is 9. The fourth-order valence-corrected chi connectivity index (χ4v) is 4.85. The standard InChI is InChI=1S/C21H37NOS/c1-16(2)8-9-18(19-11-13-23-21(4,5)15-19)10-12-22-17(3)20-7-6-14-24-20/h6-7,14,16-19,22H,8-13,15H2,1-5H3/p+1/t17-,18+,19+/m0/s1. The van der Waals surface area contributed by atoms with Gasteiger partial charge in [0.25, 0.3) is 0 Å². The highest BCUT2D eigenvalue weighted by molar-refractivity contribution is 7.10. The number of hydrogen-bond donors (Lipinski definition) is 1. The number of thiophene rings is 1. The third-order valence-corrected chi connectivity index (χ3v) is 6.64. The van der Waals surface area contributed by atoms with Gasteiger partial charge in [0.15, 0.2) is 0 Å². The Hall–Kier alpha value is -0.380. The Balaban J connectivity index is 1.85. The summed E-state index contributed by atoms with van der Waals surface area (Å²) >= 11 is 1.88. The molecule has 0 aromatic carbocycles. The van der Waals surface area contributed by atoms with Crippen LogP contribution in [-0.2, 0) is 4.74 Å². The number of hydrogen-bond acceptors (Lipinski definition) is 2. The fourth-order valence-electron chi connectivity index (χ4n) is 4.07. The molecule has 24 heavy (non-hydrogen) atoms. The van der Waals surface area contributed by atoms with Gasteiger partial charge in [0.05, 0.1) is 17.0 Å². The Kier molecular flexibility index (Phi) is 7.77. The summed E-state index contributed by atoms with van der Waals surface area (Å²) in [5.74, 6) is 2.52. The highest BCUT2D eigenvalue weighted by atomic mass is 32.1. The van der Waals surface area contributed by atoms with Crippen molar-refractivity contribution in [2.75, 3.05) is 13.2 Å². The molecule has 1 saturated heterocycles. The molecule has 1 aromatic heterocycles. The summed E-state index contributed by atoms with van der Waals surface area (Å²) < 4.78 is 5.96. The molecule has 0 saturated carbocycles. The van der Waals surface area contributed by atoms with Crippen LogP contribution in [0, 0.1) is 17.8 Å². The number of ether oxygens (including phenoxy) is 1. The second-order valence-electron chi connectivity index (χ2n) is 8.71. The summed E-state index contributed by atoms with van der Waals surface area (Å²) in [5.41, 5.74) is 0.0764. The molecule has 2 heterocycles. The lowest BCUT2D eigenvalue weighted by molar-refractivity contribution is -0.693. The molecule has 2 N–H and O–H groups in total. The van der Waals surface area contributed by atoms with Crippen LogP contribution < -0.4 is 5.32 Å². The molecule has 0 aliphatic carbocycles. The Morgan fingerprint density at radius 2 is 2.04 bits per heavy atom. The van der Waals surface area contributed by atoms with E-state index in [1.807, 2.05) is 11.3 Å². The van der Waals surface area contributed by atoms with Crippen LogP contribution >= 0.6 is 11.3 Å². The molecule has 0 bridgehead atoms. The van der Waals surface area contributed by atoms with Gasteiger partial charge in [0.1, 0.15) is 6.04 Å². The second-order valence-corrected chi connectivity index (χ2v) is 9.69. The summed E-state index contributed by atoms with van der Waals surface area (Å²) in [6, 6.07) is 5.03. The summed E-state index contributed by atoms with van der Waals surface area (Å²) in [6.07, 6.45) is 6.59. The first-order chi connectivity index (χ1) is 11.4. The van der Waals surface area contributed by atoms with Crippen molar-refractivity contribution in [1.82, 2.24) is 0 Å². The van der Waals surface area contributed by atoms with Crippen LogP contribution in [0.25, 0.3) is 0 Å². The van der Waals surface area contributed by atoms with Gasteiger partial charge in [-0.25, -0.2) is 0 Å². The quantitative estimate of drug-likeness (QED) is 0.663. The fraction of sp³-hybridized carbons (Fsp3) is 0.810. The molecule has 3 atom stereocenters. The van der Waals surface area contributed by atoms with E-state index in [2.05, 4.69) is 57.4 Å². The van der Waals surface area contributed by atoms with E-state index in [9.17, 15) is 0 Å². The molecule has 2 nitrogen and oxygen atoms in total. The van der Waals surface area contributed by atoms with E-state index < -0.39 is 0 Å². The van der Waals surface area contributed by atoms with E-state index in [1.54, 1.807) is 0 Å². The van der Waals surface area contributed by atoms with E-state index >= 15 is 0 Å². The van der Waals surface area contributed by atoms with Gasteiger partial charge in [-0.2, -0.15) is 0 Å². The van der Waals surface area contributed by atoms with Gasteiger partial charge in [0.2, 0.25) is 0 Å². The maximum Gasteiger partial charge on any atom is 0.118 e. The highest BCUT2D eigenvalue weighted by Gasteiger charge is 2.33. The van der Waals surface area contributed by atoms with Crippen molar-refractivity contribution in [1.29, 1.82) is 0 Å². The minimum absolute atomic E-state index is 0.0764. The minimum atomic E-state index is 0.0764. The summed E-state index contributed by atoms with van der Waals surface area (Å²) in [6.45, 7) is 13.8. The molecular weight excluding hydrogens is 314 g/mol. The summed E-state index contributed by atoms with van der Waals surface area (Å²) in [7, 11) is 0. The van der Waals surface area contributed by atoms with E-state index in [1.165, 1.54) is 43.5 Å². The van der Waals surface area contributed by atoms with Gasteiger partial charge < -0.3 is 10.1 Å². The third kappa shape index (κ3) is 6.50. The number of quaternary nitrogens is 1. The Bertz CT molecular complexity index is 454. The van der Waals surface area contributed by atoms with Gasteiger partial charge in [0, 0.05) is 6.61 Å². The van der Waals surface area contributed by atoms with Gasteiger partial charge in [-0.3, -0.25) is 0 Å². The van der Waals surface area contributed by atoms with E-state index in [-0.39, 0.29) is 5.60 Å². The molecule has 0 spiro atoms. The molecule has 0 amide bonds. The van der Waals surface area contributed by atoms with E-state index in [4.69, 9.17) is 4.74 Å². The van der Waals surface area contributed by atoms with Crippen molar-refractivity contribution in [2.45, 2.75) is 78.4 Å². The number of nitrogens with two attached hydrogens (primary N) is 1. The van der Waals surface area contributed by atoms with Crippen LogP contribution in [-0.4, -0.2) is 18.8 Å². The normalized spacial score (nSPS) is 23.3. The highest BCUT2D eigenvalue weighted by Crippen LogP contribution is 2.37. The van der Waals surface area contributed by atoms with Crippen LogP contribution in [0.2, 0.25) is 0 Å². The monoisotopic (exact) mass is 352 g/mol. The summed E-state index contributed by atoms with van der Waals surface area (Å²) in [4.78, 5) is 1.50. The smallest absolute Gasteiger partial charge is 0.118 e. The molecule has 0 radical (unpaired) electrons. The molecule has 2 rings (SSSR count). The van der Waals surface area contributed by atoms with Crippen molar-refractivity contribution in [3.05, 3.63) is 22.4 Å².